The van der Waals surface area contributed by atoms with Crippen molar-refractivity contribution in [2.75, 3.05) is 53.1 Å². The van der Waals surface area contributed by atoms with Crippen LogP contribution in [0, 0.1) is 5.82 Å². The zero-order chi connectivity index (χ0) is 21.6. The molecule has 0 N–H and O–H groups in total. The topological polar surface area (TPSA) is 51.2 Å². The van der Waals surface area contributed by atoms with Gasteiger partial charge in [-0.3, -0.25) is 9.69 Å². The van der Waals surface area contributed by atoms with E-state index in [0.717, 1.165) is 17.7 Å². The number of halogens is 1. The summed E-state index contributed by atoms with van der Waals surface area (Å²) in [6.45, 7) is 4.44. The Labute approximate surface area is 181 Å². The third kappa shape index (κ3) is 5.24. The van der Waals surface area contributed by atoms with Gasteiger partial charge < -0.3 is 19.1 Å². The predicted molar refractivity (Wildman–Crippen MR) is 116 cm³/mol. The Kier molecular flexibility index (Phi) is 6.84. The molecule has 2 aliphatic heterocycles. The number of methoxy groups -OCH3 is 1. The number of benzene rings is 2. The van der Waals surface area contributed by atoms with Crippen LogP contribution >= 0.6 is 0 Å². The average molecular weight is 426 g/mol. The Morgan fingerprint density at radius 1 is 1.13 bits per heavy atom. The maximum Gasteiger partial charge on any atom is 0.260 e. The summed E-state index contributed by atoms with van der Waals surface area (Å²) in [5, 5.41) is 0. The lowest BCUT2D eigenvalue weighted by Crippen LogP contribution is -2.43. The van der Waals surface area contributed by atoms with Gasteiger partial charge in [0.15, 0.2) is 18.1 Å². The van der Waals surface area contributed by atoms with Crippen LogP contribution in [0.2, 0.25) is 0 Å². The normalized spacial score (nSPS) is 16.8. The molecule has 4 rings (SSSR count). The number of hydrogen-bond acceptors (Lipinski definition) is 5. The molecule has 2 aromatic rings. The van der Waals surface area contributed by atoms with Gasteiger partial charge in [-0.05, 0) is 29.3 Å². The van der Waals surface area contributed by atoms with Crippen LogP contribution in [0.1, 0.15) is 11.1 Å². The monoisotopic (exact) mass is 426 g/mol. The lowest BCUT2D eigenvalue weighted by Gasteiger charge is -2.26. The summed E-state index contributed by atoms with van der Waals surface area (Å²) < 4.78 is 30.6. The van der Waals surface area contributed by atoms with Crippen LogP contribution in [0.5, 0.6) is 11.5 Å². The van der Waals surface area contributed by atoms with Gasteiger partial charge in [0, 0.05) is 38.3 Å². The standard InChI is InChI=1S/C24H27FN2O4/c1-29-23-14-18(6-7-22(23)31-17-24(28)27-10-12-30-13-11-27)15-26-9-8-19(16-26)20-4-2-3-5-21(20)25/h2-8,14H,9-13,15-17H2,1H3. The van der Waals surface area contributed by atoms with Gasteiger partial charge in [-0.15, -0.1) is 0 Å². The molecule has 1 fully saturated rings. The van der Waals surface area contributed by atoms with Crippen molar-refractivity contribution >= 4 is 11.5 Å². The highest BCUT2D eigenvalue weighted by Crippen LogP contribution is 2.30. The lowest BCUT2D eigenvalue weighted by atomic mass is 10.1. The van der Waals surface area contributed by atoms with Crippen molar-refractivity contribution in [3.8, 4) is 11.5 Å². The highest BCUT2D eigenvalue weighted by molar-refractivity contribution is 5.78. The molecule has 0 atom stereocenters. The van der Waals surface area contributed by atoms with Gasteiger partial charge >= 0.3 is 0 Å². The molecule has 7 heteroatoms. The first-order chi connectivity index (χ1) is 15.1. The van der Waals surface area contributed by atoms with Gasteiger partial charge in [0.25, 0.3) is 5.91 Å². The molecule has 31 heavy (non-hydrogen) atoms. The highest BCUT2D eigenvalue weighted by atomic mass is 19.1. The number of amides is 1. The summed E-state index contributed by atoms with van der Waals surface area (Å²) in [7, 11) is 1.59. The van der Waals surface area contributed by atoms with E-state index in [2.05, 4.69) is 11.0 Å². The summed E-state index contributed by atoms with van der Waals surface area (Å²) in [6.07, 6.45) is 2.07. The average Bonchev–Trinajstić information content (AvgIpc) is 3.27. The third-order valence-corrected chi connectivity index (χ3v) is 5.56. The van der Waals surface area contributed by atoms with E-state index < -0.39 is 0 Å². The van der Waals surface area contributed by atoms with Gasteiger partial charge in [-0.25, -0.2) is 4.39 Å². The van der Waals surface area contributed by atoms with E-state index in [-0.39, 0.29) is 18.3 Å². The minimum Gasteiger partial charge on any atom is -0.493 e. The number of rotatable bonds is 7. The zero-order valence-electron chi connectivity index (χ0n) is 17.7. The highest BCUT2D eigenvalue weighted by Gasteiger charge is 2.20. The van der Waals surface area contributed by atoms with Crippen LogP contribution in [0.3, 0.4) is 0 Å². The van der Waals surface area contributed by atoms with E-state index >= 15 is 0 Å². The predicted octanol–water partition coefficient (Wildman–Crippen LogP) is 2.97. The smallest absolute Gasteiger partial charge is 0.260 e. The third-order valence-electron chi connectivity index (χ3n) is 5.56. The first-order valence-corrected chi connectivity index (χ1v) is 10.5. The largest absolute Gasteiger partial charge is 0.493 e. The van der Waals surface area contributed by atoms with Crippen LogP contribution in [0.15, 0.2) is 48.5 Å². The molecular weight excluding hydrogens is 399 g/mol. The SMILES string of the molecule is COc1cc(CN2CC=C(c3ccccc3F)C2)ccc1OCC(=O)N1CCOCC1. The van der Waals surface area contributed by atoms with Crippen molar-refractivity contribution in [3.63, 3.8) is 0 Å². The molecule has 0 bridgehead atoms. The lowest BCUT2D eigenvalue weighted by molar-refractivity contribution is -0.137. The van der Waals surface area contributed by atoms with E-state index in [4.69, 9.17) is 14.2 Å². The number of carbonyl (C=O) groups is 1. The second-order valence-corrected chi connectivity index (χ2v) is 7.65. The Balaban J connectivity index is 1.34. The summed E-state index contributed by atoms with van der Waals surface area (Å²) in [5.74, 6) is 0.886. The van der Waals surface area contributed by atoms with Gasteiger partial charge in [-0.2, -0.15) is 0 Å². The quantitative estimate of drug-likeness (QED) is 0.682. The molecule has 1 saturated heterocycles. The summed E-state index contributed by atoms with van der Waals surface area (Å²) >= 11 is 0. The number of ether oxygens (including phenoxy) is 3. The van der Waals surface area contributed by atoms with Crippen LogP contribution in [-0.4, -0.2) is 68.8 Å². The van der Waals surface area contributed by atoms with Crippen molar-refractivity contribution < 1.29 is 23.4 Å². The Morgan fingerprint density at radius 2 is 1.94 bits per heavy atom. The second-order valence-electron chi connectivity index (χ2n) is 7.65. The van der Waals surface area contributed by atoms with Crippen molar-refractivity contribution in [2.24, 2.45) is 0 Å². The van der Waals surface area contributed by atoms with E-state index in [1.165, 1.54) is 6.07 Å². The Hall–Kier alpha value is -2.90. The van der Waals surface area contributed by atoms with Gasteiger partial charge in [0.1, 0.15) is 5.82 Å². The summed E-state index contributed by atoms with van der Waals surface area (Å²) in [5.41, 5.74) is 2.73. The molecule has 0 spiro atoms. The van der Waals surface area contributed by atoms with Crippen molar-refractivity contribution in [1.29, 1.82) is 0 Å². The minimum atomic E-state index is -0.189. The molecule has 0 aromatic heterocycles. The fraction of sp³-hybridized carbons (Fsp3) is 0.375. The number of hydrogen-bond donors (Lipinski definition) is 0. The molecule has 0 unspecified atom stereocenters. The number of nitrogens with zero attached hydrogens (tertiary/aromatic N) is 2. The van der Waals surface area contributed by atoms with Crippen LogP contribution in [0.4, 0.5) is 4.39 Å². The summed E-state index contributed by atoms with van der Waals surface area (Å²) in [6, 6.07) is 12.6. The Morgan fingerprint density at radius 3 is 2.71 bits per heavy atom. The van der Waals surface area contributed by atoms with E-state index in [1.807, 2.05) is 30.3 Å². The molecule has 0 aliphatic carbocycles. The number of carbonyl (C=O) groups excluding carboxylic acids is 1. The molecule has 164 valence electrons. The summed E-state index contributed by atoms with van der Waals surface area (Å²) in [4.78, 5) is 16.3. The van der Waals surface area contributed by atoms with Crippen molar-refractivity contribution in [1.82, 2.24) is 9.80 Å². The van der Waals surface area contributed by atoms with E-state index in [1.54, 1.807) is 18.1 Å². The van der Waals surface area contributed by atoms with Crippen molar-refractivity contribution in [2.45, 2.75) is 6.54 Å². The molecule has 2 aromatic carbocycles. The minimum absolute atomic E-state index is 0.0300. The first-order valence-electron chi connectivity index (χ1n) is 10.5. The fourth-order valence-electron chi connectivity index (χ4n) is 3.88. The van der Waals surface area contributed by atoms with E-state index in [0.29, 0.717) is 56.5 Å². The Bertz CT molecular complexity index is 956. The van der Waals surface area contributed by atoms with Gasteiger partial charge in [0.05, 0.1) is 20.3 Å². The molecule has 6 nitrogen and oxygen atoms in total. The molecule has 2 heterocycles. The van der Waals surface area contributed by atoms with Crippen molar-refractivity contribution in [3.05, 3.63) is 65.5 Å². The zero-order valence-corrected chi connectivity index (χ0v) is 17.7. The molecule has 1 amide bonds. The van der Waals surface area contributed by atoms with Crippen LogP contribution in [-0.2, 0) is 16.1 Å². The molecule has 0 radical (unpaired) electrons. The van der Waals surface area contributed by atoms with Gasteiger partial charge in [0.2, 0.25) is 0 Å². The molecule has 2 aliphatic rings. The van der Waals surface area contributed by atoms with Crippen LogP contribution in [0.25, 0.3) is 5.57 Å². The molecule has 0 saturated carbocycles. The van der Waals surface area contributed by atoms with Crippen LogP contribution < -0.4 is 9.47 Å². The first kappa shape index (κ1) is 21.3. The number of morpholine rings is 1. The van der Waals surface area contributed by atoms with E-state index in [9.17, 15) is 9.18 Å². The van der Waals surface area contributed by atoms with Gasteiger partial charge in [-0.1, -0.05) is 30.3 Å². The fourth-order valence-corrected chi connectivity index (χ4v) is 3.88. The second kappa shape index (κ2) is 9.94. The maximum absolute atomic E-state index is 14.1. The maximum atomic E-state index is 14.1. The molecular formula is C24H27FN2O4.